The van der Waals surface area contributed by atoms with Crippen molar-refractivity contribution in [2.75, 3.05) is 13.7 Å². The van der Waals surface area contributed by atoms with E-state index in [2.05, 4.69) is 36.9 Å². The van der Waals surface area contributed by atoms with E-state index in [0.717, 1.165) is 53.2 Å². The van der Waals surface area contributed by atoms with E-state index in [1.165, 1.54) is 5.56 Å². The van der Waals surface area contributed by atoms with Crippen LogP contribution in [0, 0.1) is 0 Å². The zero-order valence-corrected chi connectivity index (χ0v) is 16.1. The molecule has 4 rings (SSSR count). The molecule has 6 heteroatoms. The number of pyridine rings is 1. The van der Waals surface area contributed by atoms with Crippen LogP contribution in [0.5, 0.6) is 5.88 Å². The van der Waals surface area contributed by atoms with Crippen molar-refractivity contribution in [3.8, 4) is 17.3 Å². The summed E-state index contributed by atoms with van der Waals surface area (Å²) in [6, 6.07) is 12.2. The Balaban J connectivity index is 1.57. The summed E-state index contributed by atoms with van der Waals surface area (Å²) >= 11 is 3.49. The molecule has 0 amide bonds. The van der Waals surface area contributed by atoms with E-state index in [0.29, 0.717) is 5.88 Å². The number of hydrogen-bond acceptors (Lipinski definition) is 5. The van der Waals surface area contributed by atoms with E-state index in [4.69, 9.17) is 9.72 Å². The normalized spacial score (nSPS) is 14.1. The average molecular weight is 411 g/mol. The molecule has 1 aromatic carbocycles. The Kier molecular flexibility index (Phi) is 4.95. The Morgan fingerprint density at radius 1 is 1.15 bits per heavy atom. The minimum Gasteiger partial charge on any atom is -0.481 e. The Labute approximate surface area is 161 Å². The van der Waals surface area contributed by atoms with Crippen LogP contribution >= 0.6 is 15.9 Å². The Hall–Kier alpha value is -2.31. The number of methoxy groups -OCH3 is 1. The number of rotatable bonds is 4. The van der Waals surface area contributed by atoms with Crippen LogP contribution in [-0.4, -0.2) is 33.5 Å². The second kappa shape index (κ2) is 7.51. The van der Waals surface area contributed by atoms with Gasteiger partial charge in [-0.15, -0.1) is 0 Å². The number of nitrogens with zero attached hydrogens (tertiary/aromatic N) is 4. The minimum absolute atomic E-state index is 0.673. The van der Waals surface area contributed by atoms with Crippen molar-refractivity contribution in [3.05, 3.63) is 70.1 Å². The summed E-state index contributed by atoms with van der Waals surface area (Å²) in [4.78, 5) is 16.1. The van der Waals surface area contributed by atoms with Gasteiger partial charge in [0.15, 0.2) is 5.82 Å². The Morgan fingerprint density at radius 3 is 2.81 bits per heavy atom. The smallest absolute Gasteiger partial charge is 0.217 e. The van der Waals surface area contributed by atoms with E-state index in [1.54, 1.807) is 13.3 Å². The molecule has 132 valence electrons. The second-order valence-electron chi connectivity index (χ2n) is 6.31. The van der Waals surface area contributed by atoms with Gasteiger partial charge in [-0.25, -0.2) is 15.0 Å². The number of aromatic nitrogens is 3. The first kappa shape index (κ1) is 17.1. The number of benzene rings is 1. The molecule has 0 spiro atoms. The van der Waals surface area contributed by atoms with Gasteiger partial charge in [0.2, 0.25) is 5.88 Å². The summed E-state index contributed by atoms with van der Waals surface area (Å²) in [5.74, 6) is 1.46. The number of fused-ring (bicyclic) bond motifs is 1. The highest BCUT2D eigenvalue weighted by molar-refractivity contribution is 9.10. The lowest BCUT2D eigenvalue weighted by Crippen LogP contribution is -2.31. The second-order valence-corrected chi connectivity index (χ2v) is 7.23. The molecular weight excluding hydrogens is 392 g/mol. The highest BCUT2D eigenvalue weighted by Gasteiger charge is 2.20. The molecule has 26 heavy (non-hydrogen) atoms. The van der Waals surface area contributed by atoms with Gasteiger partial charge >= 0.3 is 0 Å². The molecule has 0 saturated heterocycles. The third-order valence-corrected chi connectivity index (χ3v) is 4.97. The van der Waals surface area contributed by atoms with Gasteiger partial charge in [0, 0.05) is 47.6 Å². The van der Waals surface area contributed by atoms with Gasteiger partial charge in [0.05, 0.1) is 12.8 Å². The number of hydrogen-bond donors (Lipinski definition) is 0. The van der Waals surface area contributed by atoms with Crippen molar-refractivity contribution < 1.29 is 4.74 Å². The van der Waals surface area contributed by atoms with Crippen LogP contribution in [0.15, 0.2) is 53.3 Å². The van der Waals surface area contributed by atoms with Crippen LogP contribution in [0.25, 0.3) is 11.4 Å². The van der Waals surface area contributed by atoms with E-state index >= 15 is 0 Å². The van der Waals surface area contributed by atoms with Crippen LogP contribution in [-0.2, 0) is 19.5 Å². The van der Waals surface area contributed by atoms with Crippen molar-refractivity contribution in [3.63, 3.8) is 0 Å². The van der Waals surface area contributed by atoms with E-state index in [-0.39, 0.29) is 0 Å². The molecule has 0 fully saturated rings. The number of ether oxygens (including phenoxy) is 1. The topological polar surface area (TPSA) is 51.1 Å². The Bertz CT molecular complexity index is 917. The van der Waals surface area contributed by atoms with Crippen molar-refractivity contribution in [1.29, 1.82) is 0 Å². The summed E-state index contributed by atoms with van der Waals surface area (Å²) in [5.41, 5.74) is 4.46. The minimum atomic E-state index is 0.673. The Morgan fingerprint density at radius 2 is 2.00 bits per heavy atom. The monoisotopic (exact) mass is 410 g/mol. The van der Waals surface area contributed by atoms with Crippen LogP contribution in [0.2, 0.25) is 0 Å². The highest BCUT2D eigenvalue weighted by atomic mass is 79.9. The van der Waals surface area contributed by atoms with E-state index in [9.17, 15) is 0 Å². The van der Waals surface area contributed by atoms with Gasteiger partial charge in [-0.05, 0) is 34.0 Å². The van der Waals surface area contributed by atoms with Crippen molar-refractivity contribution in [1.82, 2.24) is 19.9 Å². The molecule has 0 aliphatic carbocycles. The van der Waals surface area contributed by atoms with Crippen LogP contribution in [0.4, 0.5) is 0 Å². The first-order valence-corrected chi connectivity index (χ1v) is 9.33. The lowest BCUT2D eigenvalue weighted by atomic mass is 10.1. The van der Waals surface area contributed by atoms with Gasteiger partial charge in [-0.1, -0.05) is 30.3 Å². The van der Waals surface area contributed by atoms with Crippen molar-refractivity contribution in [2.24, 2.45) is 0 Å². The molecule has 0 N–H and O–H groups in total. The lowest BCUT2D eigenvalue weighted by molar-refractivity contribution is 0.236. The van der Waals surface area contributed by atoms with E-state index in [1.807, 2.05) is 36.5 Å². The van der Waals surface area contributed by atoms with Gasteiger partial charge in [-0.3, -0.25) is 4.90 Å². The van der Waals surface area contributed by atoms with Crippen LogP contribution < -0.4 is 4.74 Å². The maximum absolute atomic E-state index is 5.40. The molecule has 0 radical (unpaired) electrons. The molecule has 0 atom stereocenters. The van der Waals surface area contributed by atoms with Gasteiger partial charge in [-0.2, -0.15) is 0 Å². The summed E-state index contributed by atoms with van der Waals surface area (Å²) in [5, 5.41) is 0. The SMILES string of the molecule is COc1ncc(Br)cc1CN1CCc2cnc(-c3ccccc3)nc2C1. The predicted molar refractivity (Wildman–Crippen MR) is 104 cm³/mol. The number of halogens is 1. The summed E-state index contributed by atoms with van der Waals surface area (Å²) in [6.07, 6.45) is 4.69. The fourth-order valence-corrected chi connectivity index (χ4v) is 3.60. The predicted octanol–water partition coefficient (Wildman–Crippen LogP) is 3.87. The largest absolute Gasteiger partial charge is 0.481 e. The maximum Gasteiger partial charge on any atom is 0.217 e. The molecule has 3 aromatic rings. The van der Waals surface area contributed by atoms with Gasteiger partial charge < -0.3 is 4.74 Å². The summed E-state index contributed by atoms with van der Waals surface area (Å²) in [7, 11) is 1.66. The van der Waals surface area contributed by atoms with Crippen LogP contribution in [0.3, 0.4) is 0 Å². The zero-order valence-electron chi connectivity index (χ0n) is 14.5. The summed E-state index contributed by atoms with van der Waals surface area (Å²) < 4.78 is 6.36. The molecule has 2 aromatic heterocycles. The first-order chi connectivity index (χ1) is 12.7. The van der Waals surface area contributed by atoms with Crippen molar-refractivity contribution in [2.45, 2.75) is 19.5 Å². The summed E-state index contributed by atoms with van der Waals surface area (Å²) in [6.45, 7) is 2.55. The zero-order chi connectivity index (χ0) is 17.9. The van der Waals surface area contributed by atoms with E-state index < -0.39 is 0 Å². The molecule has 5 nitrogen and oxygen atoms in total. The highest BCUT2D eigenvalue weighted by Crippen LogP contribution is 2.25. The third kappa shape index (κ3) is 3.61. The van der Waals surface area contributed by atoms with Crippen molar-refractivity contribution >= 4 is 15.9 Å². The average Bonchev–Trinajstić information content (AvgIpc) is 2.68. The molecule has 0 bridgehead atoms. The molecule has 3 heterocycles. The molecular formula is C20H19BrN4O. The van der Waals surface area contributed by atoms with Crippen LogP contribution in [0.1, 0.15) is 16.8 Å². The standard InChI is InChI=1S/C20H19BrN4O/c1-26-20-16(9-17(21)11-23-20)12-25-8-7-15-10-22-19(24-18(15)13-25)14-5-3-2-4-6-14/h2-6,9-11H,7-8,12-13H2,1H3. The molecule has 0 saturated carbocycles. The fraction of sp³-hybridized carbons (Fsp3) is 0.250. The van der Waals surface area contributed by atoms with Gasteiger partial charge in [0.1, 0.15) is 0 Å². The third-order valence-electron chi connectivity index (χ3n) is 4.54. The lowest BCUT2D eigenvalue weighted by Gasteiger charge is -2.28. The molecule has 1 aliphatic heterocycles. The molecule has 0 unspecified atom stereocenters. The quantitative estimate of drug-likeness (QED) is 0.653. The maximum atomic E-state index is 5.40. The first-order valence-electron chi connectivity index (χ1n) is 8.54. The van der Waals surface area contributed by atoms with Gasteiger partial charge in [0.25, 0.3) is 0 Å². The molecule has 1 aliphatic rings. The fourth-order valence-electron chi connectivity index (χ4n) is 3.23.